The number of rotatable bonds is 7. The first kappa shape index (κ1) is 26.0. The predicted molar refractivity (Wildman–Crippen MR) is 144 cm³/mol. The fraction of sp³-hybridized carbons (Fsp3) is 0.552. The van der Waals surface area contributed by atoms with Gasteiger partial charge in [0, 0.05) is 30.9 Å². The third-order valence-electron chi connectivity index (χ3n) is 8.41. The number of nitrogens with zero attached hydrogens (tertiary/aromatic N) is 3. The van der Waals surface area contributed by atoms with Crippen LogP contribution >= 0.6 is 11.8 Å². The molecule has 0 bridgehead atoms. The van der Waals surface area contributed by atoms with Crippen LogP contribution in [0.4, 0.5) is 0 Å². The van der Waals surface area contributed by atoms with Gasteiger partial charge in [-0.15, -0.1) is 11.8 Å². The van der Waals surface area contributed by atoms with Crippen LogP contribution < -0.4 is 0 Å². The van der Waals surface area contributed by atoms with E-state index in [4.69, 9.17) is 0 Å². The maximum Gasteiger partial charge on any atom is 0.247 e. The summed E-state index contributed by atoms with van der Waals surface area (Å²) in [5.41, 5.74) is 1.04. The third kappa shape index (κ3) is 4.22. The highest BCUT2D eigenvalue weighted by Crippen LogP contribution is 2.61. The minimum Gasteiger partial charge on any atom is -0.394 e. The molecule has 0 saturated carbocycles. The molecule has 2 saturated heterocycles. The van der Waals surface area contributed by atoms with Gasteiger partial charge in [0.1, 0.15) is 6.04 Å². The van der Waals surface area contributed by atoms with E-state index in [9.17, 15) is 19.5 Å². The zero-order valence-electron chi connectivity index (χ0n) is 21.8. The number of aliphatic hydroxyl groups is 1. The van der Waals surface area contributed by atoms with Crippen LogP contribution in [0.1, 0.15) is 39.2 Å². The van der Waals surface area contributed by atoms with Crippen molar-refractivity contribution in [3.63, 3.8) is 0 Å². The number of carbonyl (C=O) groups is 3. The monoisotopic (exact) mass is 523 g/mol. The van der Waals surface area contributed by atoms with E-state index < -0.39 is 28.7 Å². The fourth-order valence-corrected chi connectivity index (χ4v) is 8.62. The van der Waals surface area contributed by atoms with E-state index in [2.05, 4.69) is 19.9 Å². The lowest BCUT2D eigenvalue weighted by Gasteiger charge is -2.39. The van der Waals surface area contributed by atoms with Crippen LogP contribution in [0.15, 0.2) is 54.6 Å². The quantitative estimate of drug-likeness (QED) is 0.556. The predicted octanol–water partition coefficient (Wildman–Crippen LogP) is 2.85. The van der Waals surface area contributed by atoms with Gasteiger partial charge in [0.05, 0.1) is 29.2 Å². The first-order valence-corrected chi connectivity index (χ1v) is 14.3. The summed E-state index contributed by atoms with van der Waals surface area (Å²) in [5, 5.41) is 9.90. The van der Waals surface area contributed by atoms with Crippen LogP contribution in [-0.4, -0.2) is 85.3 Å². The number of likely N-dealkylation sites (tertiary alicyclic amines) is 1. The zero-order valence-corrected chi connectivity index (χ0v) is 22.6. The number of aliphatic hydroxyl groups excluding tert-OH is 1. The third-order valence-corrected chi connectivity index (χ3v) is 10.1. The van der Waals surface area contributed by atoms with Crippen molar-refractivity contribution >= 4 is 29.5 Å². The number of amides is 3. The van der Waals surface area contributed by atoms with Gasteiger partial charge in [-0.3, -0.25) is 14.4 Å². The number of hydrogen-bond acceptors (Lipinski definition) is 5. The molecule has 0 aliphatic carbocycles. The second-order valence-corrected chi connectivity index (χ2v) is 12.3. The van der Waals surface area contributed by atoms with Gasteiger partial charge < -0.3 is 19.8 Å². The molecule has 5 rings (SSSR count). The molecule has 198 valence electrons. The number of thioether (sulfide) groups is 1. The van der Waals surface area contributed by atoms with Gasteiger partial charge in [-0.1, -0.05) is 68.0 Å². The Kier molecular flexibility index (Phi) is 7.24. The molecule has 1 aromatic carbocycles. The van der Waals surface area contributed by atoms with Gasteiger partial charge in [0.15, 0.2) is 0 Å². The molecule has 2 fully saturated rings. The molecule has 7 atom stereocenters. The van der Waals surface area contributed by atoms with E-state index in [1.165, 1.54) is 0 Å². The van der Waals surface area contributed by atoms with Gasteiger partial charge in [-0.25, -0.2) is 0 Å². The Balaban J connectivity index is 1.55. The first-order valence-electron chi connectivity index (χ1n) is 13.4. The molecule has 1 N–H and O–H groups in total. The normalized spacial score (nSPS) is 32.6. The summed E-state index contributed by atoms with van der Waals surface area (Å²) < 4.78 is -0.844. The summed E-state index contributed by atoms with van der Waals surface area (Å²) in [5.74, 6) is -1.53. The molecular weight excluding hydrogens is 486 g/mol. The Labute approximate surface area is 223 Å². The van der Waals surface area contributed by atoms with Crippen LogP contribution in [0, 0.1) is 11.8 Å². The minimum atomic E-state index is -0.844. The molecule has 2 unspecified atom stereocenters. The summed E-state index contributed by atoms with van der Waals surface area (Å²) in [4.78, 5) is 47.8. The van der Waals surface area contributed by atoms with Crippen molar-refractivity contribution in [1.29, 1.82) is 0 Å². The highest BCUT2D eigenvalue weighted by atomic mass is 32.2. The van der Waals surface area contributed by atoms with E-state index in [0.717, 1.165) is 18.4 Å². The summed E-state index contributed by atoms with van der Waals surface area (Å²) in [6.07, 6.45) is 9.99. The van der Waals surface area contributed by atoms with Crippen molar-refractivity contribution in [2.45, 2.75) is 68.3 Å². The number of fused-ring (bicyclic) bond motifs is 2. The summed E-state index contributed by atoms with van der Waals surface area (Å²) in [7, 11) is 0. The molecule has 7 nitrogen and oxygen atoms in total. The van der Waals surface area contributed by atoms with Gasteiger partial charge in [-0.05, 0) is 25.8 Å². The van der Waals surface area contributed by atoms with Crippen LogP contribution in [0.2, 0.25) is 0 Å². The number of benzene rings is 1. The van der Waals surface area contributed by atoms with E-state index in [1.54, 1.807) is 23.6 Å². The average Bonchev–Trinajstić information content (AvgIpc) is 3.22. The zero-order chi connectivity index (χ0) is 26.3. The smallest absolute Gasteiger partial charge is 0.247 e. The maximum absolute atomic E-state index is 14.2. The van der Waals surface area contributed by atoms with E-state index >= 15 is 0 Å². The lowest BCUT2D eigenvalue weighted by molar-refractivity contribution is -0.147. The van der Waals surface area contributed by atoms with E-state index in [-0.39, 0.29) is 35.6 Å². The van der Waals surface area contributed by atoms with Gasteiger partial charge >= 0.3 is 0 Å². The van der Waals surface area contributed by atoms with Crippen LogP contribution in [0.3, 0.4) is 0 Å². The molecule has 3 amide bonds. The molecule has 4 heterocycles. The Morgan fingerprint density at radius 2 is 1.78 bits per heavy atom. The molecule has 0 radical (unpaired) electrons. The van der Waals surface area contributed by atoms with Gasteiger partial charge in [0.2, 0.25) is 17.7 Å². The molecule has 4 aliphatic rings. The molecule has 0 aromatic heterocycles. The largest absolute Gasteiger partial charge is 0.394 e. The Morgan fingerprint density at radius 3 is 2.49 bits per heavy atom. The SMILES string of the molecule is CCCC(C)N1CC=C[C@]23S[C@@H]4C=CCN(Cc5ccccc5)C(=O)[C@@H]4[C@H]2C(=O)N([C@H](C)CO)C3C1=O. The summed E-state index contributed by atoms with van der Waals surface area (Å²) in [6.45, 7) is 7.16. The molecule has 1 spiro atoms. The molecule has 8 heteroatoms. The van der Waals surface area contributed by atoms with E-state index in [1.807, 2.05) is 58.4 Å². The molecular formula is C29H37N3O4S. The summed E-state index contributed by atoms with van der Waals surface area (Å²) in [6, 6.07) is 8.66. The van der Waals surface area contributed by atoms with Crippen molar-refractivity contribution in [3.8, 4) is 0 Å². The van der Waals surface area contributed by atoms with Crippen molar-refractivity contribution in [2.75, 3.05) is 19.7 Å². The van der Waals surface area contributed by atoms with Gasteiger partial charge in [0.25, 0.3) is 0 Å². The standard InChI is InChI=1S/C29H37N3O4S/c1-4-10-19(2)31-16-9-14-29-24(27(35)32(20(3)18-33)25(29)28(31)36)23-22(37-29)13-8-15-30(26(23)34)17-21-11-6-5-7-12-21/h5-9,11-14,19-20,22-25,33H,4,10,15-18H2,1-3H3/t19?,20-,22-,23+,24+,25?,29+/m1/s1. The molecule has 4 aliphatic heterocycles. The lowest BCUT2D eigenvalue weighted by Crippen LogP contribution is -2.57. The highest BCUT2D eigenvalue weighted by molar-refractivity contribution is 8.02. The Hall–Kier alpha value is -2.58. The van der Waals surface area contributed by atoms with Crippen LogP contribution in [0.25, 0.3) is 0 Å². The van der Waals surface area contributed by atoms with Crippen molar-refractivity contribution < 1.29 is 19.5 Å². The number of carbonyl (C=O) groups excluding carboxylic acids is 3. The van der Waals surface area contributed by atoms with Crippen molar-refractivity contribution in [3.05, 3.63) is 60.2 Å². The number of hydrogen-bond donors (Lipinski definition) is 1. The second-order valence-electron chi connectivity index (χ2n) is 10.8. The lowest BCUT2D eigenvalue weighted by atomic mass is 9.78. The van der Waals surface area contributed by atoms with Crippen molar-refractivity contribution in [2.24, 2.45) is 11.8 Å². The topological polar surface area (TPSA) is 81.2 Å². The summed E-state index contributed by atoms with van der Waals surface area (Å²) >= 11 is 1.59. The first-order chi connectivity index (χ1) is 17.8. The van der Waals surface area contributed by atoms with Crippen LogP contribution in [0.5, 0.6) is 0 Å². The minimum absolute atomic E-state index is 0.0394. The highest BCUT2D eigenvalue weighted by Gasteiger charge is 2.71. The fourth-order valence-electron chi connectivity index (χ4n) is 6.62. The van der Waals surface area contributed by atoms with Crippen molar-refractivity contribution in [1.82, 2.24) is 14.7 Å². The van der Waals surface area contributed by atoms with Crippen LogP contribution in [-0.2, 0) is 20.9 Å². The Bertz CT molecular complexity index is 1110. The maximum atomic E-state index is 14.2. The average molecular weight is 524 g/mol. The molecule has 1 aromatic rings. The second kappa shape index (κ2) is 10.3. The van der Waals surface area contributed by atoms with Gasteiger partial charge in [-0.2, -0.15) is 0 Å². The molecule has 37 heavy (non-hydrogen) atoms. The Morgan fingerprint density at radius 1 is 1.03 bits per heavy atom. The van der Waals surface area contributed by atoms with E-state index in [0.29, 0.717) is 19.6 Å².